The van der Waals surface area contributed by atoms with Crippen LogP contribution in [0.25, 0.3) is 0 Å². The molecule has 0 atom stereocenters. The van der Waals surface area contributed by atoms with Crippen molar-refractivity contribution in [3.8, 4) is 0 Å². The summed E-state index contributed by atoms with van der Waals surface area (Å²) >= 11 is 0. The number of hydrogen-bond acceptors (Lipinski definition) is 4. The minimum atomic E-state index is -1.39. The molecule has 1 heterocycles. The van der Waals surface area contributed by atoms with Gasteiger partial charge in [-0.05, 0) is 6.04 Å². The largest absolute Gasteiger partial charge is 0.425 e. The molecule has 0 aromatic rings. The monoisotopic (exact) mass is 543 g/mol. The molecule has 161 valence electrons. The second kappa shape index (κ2) is 35.2. The third kappa shape index (κ3) is 30.6. The van der Waals surface area contributed by atoms with Gasteiger partial charge in [0, 0.05) is 73.4 Å². The smallest absolute Gasteiger partial charge is 0.303 e. The first-order valence-corrected chi connectivity index (χ1v) is 15.5. The van der Waals surface area contributed by atoms with Crippen molar-refractivity contribution < 1.29 is 16.5 Å². The molecular formula is C16H40NaO4Si8. The number of unbranched alkanes of at least 4 members (excludes halogenated alkanes) is 13. The van der Waals surface area contributed by atoms with Gasteiger partial charge in [0.1, 0.15) is 0 Å². The molecule has 1 saturated heterocycles. The molecule has 0 saturated carbocycles. The van der Waals surface area contributed by atoms with Crippen LogP contribution < -0.4 is 0 Å². The quantitative estimate of drug-likeness (QED) is 0.227. The van der Waals surface area contributed by atoms with E-state index in [1.54, 1.807) is 0 Å². The Hall–Kier alpha value is 2.58. The van der Waals surface area contributed by atoms with Crippen molar-refractivity contribution >= 4 is 113 Å². The average molecular weight is 544 g/mol. The minimum absolute atomic E-state index is 0. The van der Waals surface area contributed by atoms with Crippen molar-refractivity contribution in [1.29, 1.82) is 0 Å². The molecule has 0 amide bonds. The molecule has 0 aromatic heterocycles. The molecule has 0 unspecified atom stereocenters. The number of rotatable bonds is 15. The first kappa shape index (κ1) is 41.8. The van der Waals surface area contributed by atoms with E-state index in [1.165, 1.54) is 89.9 Å². The zero-order valence-corrected chi connectivity index (χ0v) is 30.3. The van der Waals surface area contributed by atoms with Gasteiger partial charge >= 0.3 is 9.28 Å². The minimum Gasteiger partial charge on any atom is -0.425 e. The predicted molar refractivity (Wildman–Crippen MR) is 141 cm³/mol. The fraction of sp³-hybridized carbons (Fsp3) is 1.00. The van der Waals surface area contributed by atoms with Crippen molar-refractivity contribution in [3.63, 3.8) is 0 Å². The molecule has 0 bridgehead atoms. The summed E-state index contributed by atoms with van der Waals surface area (Å²) in [7, 11) is -3.65. The molecule has 13 heteroatoms. The fourth-order valence-corrected chi connectivity index (χ4v) is 12.1. The van der Waals surface area contributed by atoms with Gasteiger partial charge in [-0.2, -0.15) is 0 Å². The molecule has 1 aliphatic heterocycles. The van der Waals surface area contributed by atoms with E-state index in [9.17, 15) is 0 Å². The molecule has 4 nitrogen and oxygen atoms in total. The molecule has 0 aromatic carbocycles. The Bertz CT molecular complexity index is 269. The van der Waals surface area contributed by atoms with Crippen LogP contribution >= 0.6 is 0 Å². The van der Waals surface area contributed by atoms with Gasteiger partial charge in [0.2, 0.25) is 0 Å². The maximum Gasteiger partial charge on any atom is 0.303 e. The van der Waals surface area contributed by atoms with E-state index in [2.05, 4.69) is 6.92 Å². The summed E-state index contributed by atoms with van der Waals surface area (Å²) in [5.74, 6) is 0. The van der Waals surface area contributed by atoms with Gasteiger partial charge < -0.3 is 16.5 Å². The Morgan fingerprint density at radius 2 is 0.862 bits per heavy atom. The molecular weight excluding hydrogens is 504 g/mol. The summed E-state index contributed by atoms with van der Waals surface area (Å²) in [4.78, 5) is 0. The standard InChI is InChI=1S/C16H40O4Si4.Na.4Si/c1-2-3-4-5-6-7-8-9-10-11-12-13-14-15-16-24-19-22-17-21-18-23-20-24;;;;;/h24H,2-16,21-23H2,1H3;;;;;. The Labute approximate surface area is 230 Å². The van der Waals surface area contributed by atoms with Crippen LogP contribution in [0, 0.1) is 0 Å². The Morgan fingerprint density at radius 3 is 1.24 bits per heavy atom. The van der Waals surface area contributed by atoms with Crippen LogP contribution in [-0.4, -0.2) is 113 Å². The average Bonchev–Trinajstić information content (AvgIpc) is 2.56. The first-order chi connectivity index (χ1) is 11.9. The van der Waals surface area contributed by atoms with Crippen LogP contribution in [0.1, 0.15) is 96.8 Å². The van der Waals surface area contributed by atoms with Crippen LogP contribution in [0.2, 0.25) is 6.04 Å². The van der Waals surface area contributed by atoms with Crippen LogP contribution in [0.5, 0.6) is 0 Å². The number of hydrogen-bond donors (Lipinski definition) is 0. The topological polar surface area (TPSA) is 36.9 Å². The summed E-state index contributed by atoms with van der Waals surface area (Å²) < 4.78 is 22.5. The normalized spacial score (nSPS) is 18.3. The van der Waals surface area contributed by atoms with E-state index < -0.39 is 39.3 Å². The van der Waals surface area contributed by atoms with Crippen molar-refractivity contribution in [3.05, 3.63) is 0 Å². The summed E-state index contributed by atoms with van der Waals surface area (Å²) in [6, 6.07) is 1.16. The maximum atomic E-state index is 5.82. The van der Waals surface area contributed by atoms with Gasteiger partial charge in [-0.1, -0.05) is 96.8 Å². The molecule has 1 aliphatic rings. The SMILES string of the molecule is CCCCCCCCCCCCCCCC[SiH]1O[SiH2]O[SiH2]O[SiH2]O1.[Na].[Si].[Si].[Si].[Si]. The Kier molecular flexibility index (Phi) is 50.7. The van der Waals surface area contributed by atoms with Crippen LogP contribution in [-0.2, 0) is 16.5 Å². The molecule has 1 rings (SSSR count). The van der Waals surface area contributed by atoms with Gasteiger partial charge in [-0.3, -0.25) is 0 Å². The van der Waals surface area contributed by atoms with Crippen molar-refractivity contribution in [2.75, 3.05) is 0 Å². The molecule has 0 N–H and O–H groups in total. The Balaban J connectivity index is -0.000000384. The third-order valence-corrected chi connectivity index (χ3v) is 12.2. The fourth-order valence-electron chi connectivity index (χ4n) is 3.10. The second-order valence-electron chi connectivity index (χ2n) is 6.91. The van der Waals surface area contributed by atoms with Crippen LogP contribution in [0.4, 0.5) is 0 Å². The van der Waals surface area contributed by atoms with Gasteiger partial charge in [0.15, 0.2) is 0 Å². The zero-order chi connectivity index (χ0) is 17.1. The van der Waals surface area contributed by atoms with E-state index in [-0.39, 0.29) is 73.4 Å². The summed E-state index contributed by atoms with van der Waals surface area (Å²) in [6.07, 6.45) is 19.8. The molecule has 0 spiro atoms. The summed E-state index contributed by atoms with van der Waals surface area (Å²) in [5, 5.41) is 0. The van der Waals surface area contributed by atoms with E-state index >= 15 is 0 Å². The molecule has 1 fully saturated rings. The van der Waals surface area contributed by atoms with Gasteiger partial charge in [0.05, 0.1) is 0 Å². The first-order valence-electron chi connectivity index (χ1n) is 10.3. The van der Waals surface area contributed by atoms with Gasteiger partial charge in [-0.25, -0.2) is 0 Å². The van der Waals surface area contributed by atoms with Crippen molar-refractivity contribution in [2.24, 2.45) is 0 Å². The van der Waals surface area contributed by atoms with E-state index in [0.717, 1.165) is 6.04 Å². The predicted octanol–water partition coefficient (Wildman–Crippen LogP) is 0.861. The van der Waals surface area contributed by atoms with E-state index in [4.69, 9.17) is 16.5 Å². The zero-order valence-electron chi connectivity index (χ0n) is 18.9. The summed E-state index contributed by atoms with van der Waals surface area (Å²) in [5.41, 5.74) is 0. The van der Waals surface area contributed by atoms with Gasteiger partial charge in [0.25, 0.3) is 30.0 Å². The Morgan fingerprint density at radius 1 is 0.517 bits per heavy atom. The van der Waals surface area contributed by atoms with Gasteiger partial charge in [-0.15, -0.1) is 0 Å². The van der Waals surface area contributed by atoms with Crippen LogP contribution in [0.3, 0.4) is 0 Å². The summed E-state index contributed by atoms with van der Waals surface area (Å²) in [6.45, 7) is 2.29. The van der Waals surface area contributed by atoms with Crippen LogP contribution in [0.15, 0.2) is 0 Å². The van der Waals surface area contributed by atoms with Crippen molar-refractivity contribution in [1.82, 2.24) is 0 Å². The maximum absolute atomic E-state index is 5.82. The molecule has 29 heavy (non-hydrogen) atoms. The molecule has 17 radical (unpaired) electrons. The van der Waals surface area contributed by atoms with E-state index in [0.29, 0.717) is 0 Å². The van der Waals surface area contributed by atoms with E-state index in [1.807, 2.05) is 0 Å². The second-order valence-corrected chi connectivity index (χ2v) is 15.0. The molecule has 0 aliphatic carbocycles. The van der Waals surface area contributed by atoms with Crippen molar-refractivity contribution in [2.45, 2.75) is 103 Å². The third-order valence-electron chi connectivity index (χ3n) is 4.63.